The fourth-order valence-corrected chi connectivity index (χ4v) is 0.946. The molecule has 0 bridgehead atoms. The predicted molar refractivity (Wildman–Crippen MR) is 43.0 cm³/mol. The van der Waals surface area contributed by atoms with Crippen LogP contribution < -0.4 is 0 Å². The highest BCUT2D eigenvalue weighted by Gasteiger charge is 2.05. The Balaban J connectivity index is 0. The summed E-state index contributed by atoms with van der Waals surface area (Å²) in [6, 6.07) is 1.75. The summed E-state index contributed by atoms with van der Waals surface area (Å²) in [5.41, 5.74) is 0. The molecule has 1 rings (SSSR count). The molecule has 1 saturated carbocycles. The molecular weight excluding hydrogens is 142 g/mol. The van der Waals surface area contributed by atoms with Gasteiger partial charge >= 0.3 is 0 Å². The molecule has 0 heterocycles. The van der Waals surface area contributed by atoms with Gasteiger partial charge in [0.2, 0.25) is 0 Å². The molecule has 0 radical (unpaired) electrons. The molecule has 1 fully saturated rings. The second-order valence-corrected chi connectivity index (χ2v) is 2.32. The van der Waals surface area contributed by atoms with Crippen LogP contribution in [0.25, 0.3) is 0 Å². The first-order chi connectivity index (χ1) is 4.81. The van der Waals surface area contributed by atoms with Crippen LogP contribution in [0.1, 0.15) is 39.0 Å². The third kappa shape index (κ3) is 9.12. The van der Waals surface area contributed by atoms with Crippen molar-refractivity contribution in [2.75, 3.05) is 0 Å². The second-order valence-electron chi connectivity index (χ2n) is 2.32. The van der Waals surface area contributed by atoms with E-state index in [1.165, 1.54) is 13.3 Å². The molecular formula is C8H15NO2. The number of Topliss-reactive ketones (excluding diaryl/α,β-unsaturated/α-hetero) is 1. The monoisotopic (exact) mass is 157 g/mol. The number of rotatable bonds is 0. The Morgan fingerprint density at radius 1 is 1.27 bits per heavy atom. The highest BCUT2D eigenvalue weighted by atomic mass is 16.1. The Labute approximate surface area is 67.3 Å². The molecule has 3 heteroatoms. The van der Waals surface area contributed by atoms with Gasteiger partial charge in [-0.1, -0.05) is 6.42 Å². The highest BCUT2D eigenvalue weighted by Crippen LogP contribution is 2.12. The van der Waals surface area contributed by atoms with E-state index in [0.717, 1.165) is 25.7 Å². The molecule has 0 amide bonds. The third-order valence-corrected chi connectivity index (χ3v) is 1.41. The second kappa shape index (κ2) is 9.12. The molecule has 0 spiro atoms. The van der Waals surface area contributed by atoms with Crippen molar-refractivity contribution >= 4 is 5.78 Å². The van der Waals surface area contributed by atoms with Gasteiger partial charge in [0.25, 0.3) is 0 Å². The fourth-order valence-electron chi connectivity index (χ4n) is 0.946. The quantitative estimate of drug-likeness (QED) is 0.530. The average Bonchev–Trinajstić information content (AvgIpc) is 1.91. The molecule has 0 unspecified atom stereocenters. The van der Waals surface area contributed by atoms with Crippen molar-refractivity contribution < 1.29 is 10.3 Å². The summed E-state index contributed by atoms with van der Waals surface area (Å²) < 4.78 is 0. The number of carbonyl (C=O) groups excluding carboxylic acids is 1. The first kappa shape index (κ1) is 12.8. The summed E-state index contributed by atoms with van der Waals surface area (Å²) in [5.74, 6) is 0.464. The van der Waals surface area contributed by atoms with Gasteiger partial charge < -0.3 is 5.48 Å². The van der Waals surface area contributed by atoms with Crippen LogP contribution in [0.5, 0.6) is 0 Å². The van der Waals surface area contributed by atoms with Crippen LogP contribution in [0.15, 0.2) is 0 Å². The molecule has 0 saturated heterocycles. The molecule has 64 valence electrons. The van der Waals surface area contributed by atoms with Gasteiger partial charge in [0.05, 0.1) is 6.07 Å². The SMILES string of the molecule is CC#N.O.O=C1CCCCC1. The normalized spacial score (nSPS) is 15.1. The summed E-state index contributed by atoms with van der Waals surface area (Å²) in [6.45, 7) is 1.43. The Morgan fingerprint density at radius 3 is 1.82 bits per heavy atom. The summed E-state index contributed by atoms with van der Waals surface area (Å²) in [5, 5.41) is 7.32. The van der Waals surface area contributed by atoms with Crippen molar-refractivity contribution in [1.82, 2.24) is 0 Å². The van der Waals surface area contributed by atoms with Gasteiger partial charge in [-0.25, -0.2) is 0 Å². The summed E-state index contributed by atoms with van der Waals surface area (Å²) in [7, 11) is 0. The number of nitriles is 1. The first-order valence-corrected chi connectivity index (χ1v) is 3.63. The van der Waals surface area contributed by atoms with E-state index in [4.69, 9.17) is 5.26 Å². The van der Waals surface area contributed by atoms with Crippen LogP contribution in [0.4, 0.5) is 0 Å². The lowest BCUT2D eigenvalue weighted by molar-refractivity contribution is -0.120. The van der Waals surface area contributed by atoms with Crippen molar-refractivity contribution in [2.24, 2.45) is 0 Å². The first-order valence-electron chi connectivity index (χ1n) is 3.63. The highest BCUT2D eigenvalue weighted by molar-refractivity contribution is 5.78. The van der Waals surface area contributed by atoms with E-state index >= 15 is 0 Å². The Kier molecular flexibility index (Phi) is 10.6. The largest absolute Gasteiger partial charge is 0.412 e. The van der Waals surface area contributed by atoms with E-state index in [0.29, 0.717) is 5.78 Å². The maximum Gasteiger partial charge on any atom is 0.132 e. The van der Waals surface area contributed by atoms with Crippen LogP contribution in [-0.2, 0) is 4.79 Å². The zero-order valence-electron chi connectivity index (χ0n) is 6.89. The van der Waals surface area contributed by atoms with Gasteiger partial charge in [-0.2, -0.15) is 5.26 Å². The lowest BCUT2D eigenvalue weighted by atomic mass is 10.00. The zero-order chi connectivity index (χ0) is 7.82. The molecule has 0 aromatic rings. The molecule has 1 aliphatic carbocycles. The number of nitrogens with zero attached hydrogens (tertiary/aromatic N) is 1. The van der Waals surface area contributed by atoms with Gasteiger partial charge in [0.1, 0.15) is 5.78 Å². The summed E-state index contributed by atoms with van der Waals surface area (Å²) in [6.07, 6.45) is 5.24. The minimum absolute atomic E-state index is 0. The number of carbonyl (C=O) groups is 1. The predicted octanol–water partition coefficient (Wildman–Crippen LogP) is 1.22. The van der Waals surface area contributed by atoms with E-state index in [2.05, 4.69) is 0 Å². The molecule has 2 N–H and O–H groups in total. The summed E-state index contributed by atoms with van der Waals surface area (Å²) in [4.78, 5) is 10.5. The fraction of sp³-hybridized carbons (Fsp3) is 0.750. The third-order valence-electron chi connectivity index (χ3n) is 1.41. The topological polar surface area (TPSA) is 72.4 Å². The van der Waals surface area contributed by atoms with Crippen molar-refractivity contribution in [3.8, 4) is 6.07 Å². The standard InChI is InChI=1S/C6H10O.C2H3N.H2O/c7-6-4-2-1-3-5-6;1-2-3;/h1-5H2;1H3;1H2. The average molecular weight is 157 g/mol. The minimum Gasteiger partial charge on any atom is -0.412 e. The van der Waals surface area contributed by atoms with E-state index < -0.39 is 0 Å². The van der Waals surface area contributed by atoms with E-state index in [9.17, 15) is 4.79 Å². The Morgan fingerprint density at radius 2 is 1.64 bits per heavy atom. The Hall–Kier alpha value is -0.880. The van der Waals surface area contributed by atoms with Crippen molar-refractivity contribution in [2.45, 2.75) is 39.0 Å². The molecule has 0 aliphatic heterocycles. The van der Waals surface area contributed by atoms with Crippen LogP contribution in [0, 0.1) is 11.3 Å². The smallest absolute Gasteiger partial charge is 0.132 e. The van der Waals surface area contributed by atoms with Gasteiger partial charge in [-0.05, 0) is 12.8 Å². The van der Waals surface area contributed by atoms with Gasteiger partial charge in [0.15, 0.2) is 0 Å². The van der Waals surface area contributed by atoms with Gasteiger partial charge in [-0.15, -0.1) is 0 Å². The number of ketones is 1. The van der Waals surface area contributed by atoms with Crippen LogP contribution in [0.3, 0.4) is 0 Å². The van der Waals surface area contributed by atoms with Crippen LogP contribution in [-0.4, -0.2) is 11.3 Å². The van der Waals surface area contributed by atoms with E-state index in [1.807, 2.05) is 0 Å². The van der Waals surface area contributed by atoms with E-state index in [-0.39, 0.29) is 5.48 Å². The molecule has 3 nitrogen and oxygen atoms in total. The molecule has 11 heavy (non-hydrogen) atoms. The van der Waals surface area contributed by atoms with Crippen molar-refractivity contribution in [3.05, 3.63) is 0 Å². The lowest BCUT2D eigenvalue weighted by Crippen LogP contribution is -2.02. The maximum atomic E-state index is 10.5. The van der Waals surface area contributed by atoms with Crippen LogP contribution >= 0.6 is 0 Å². The van der Waals surface area contributed by atoms with E-state index in [1.54, 1.807) is 6.07 Å². The number of hydrogen-bond donors (Lipinski definition) is 0. The molecule has 0 aromatic heterocycles. The van der Waals surface area contributed by atoms with Crippen molar-refractivity contribution in [1.29, 1.82) is 5.26 Å². The molecule has 0 aromatic carbocycles. The zero-order valence-corrected chi connectivity index (χ0v) is 6.89. The van der Waals surface area contributed by atoms with Gasteiger partial charge in [0, 0.05) is 19.8 Å². The number of hydrogen-bond acceptors (Lipinski definition) is 2. The Bertz CT molecular complexity index is 130. The molecule has 0 atom stereocenters. The van der Waals surface area contributed by atoms with Crippen LogP contribution in [0.2, 0.25) is 0 Å². The van der Waals surface area contributed by atoms with Crippen molar-refractivity contribution in [3.63, 3.8) is 0 Å². The van der Waals surface area contributed by atoms with Gasteiger partial charge in [-0.3, -0.25) is 4.79 Å². The lowest BCUT2D eigenvalue weighted by Gasteiger charge is -2.05. The molecule has 1 aliphatic rings. The summed E-state index contributed by atoms with van der Waals surface area (Å²) >= 11 is 0. The maximum absolute atomic E-state index is 10.5. The minimum atomic E-state index is 0.